The molecule has 0 saturated carbocycles. The van der Waals surface area contributed by atoms with Crippen LogP contribution in [-0.4, -0.2) is 10.8 Å². The lowest BCUT2D eigenvalue weighted by Crippen LogP contribution is -2.34. The first-order valence-electron chi connectivity index (χ1n) is 4.08. The van der Waals surface area contributed by atoms with Gasteiger partial charge in [-0.25, -0.2) is 0 Å². The molecular formula is C10H9Br2O2-. The maximum Gasteiger partial charge on any atom is 0.0707 e. The normalized spacial score (nSPS) is 14.8. The molecule has 0 amide bonds. The van der Waals surface area contributed by atoms with Crippen molar-refractivity contribution in [1.29, 1.82) is 0 Å². The van der Waals surface area contributed by atoms with Crippen LogP contribution < -0.4 is 5.11 Å². The summed E-state index contributed by atoms with van der Waals surface area (Å²) in [6.07, 6.45) is 0. The smallest absolute Gasteiger partial charge is 0.0707 e. The Labute approximate surface area is 99.6 Å². The van der Waals surface area contributed by atoms with Crippen LogP contribution in [0.15, 0.2) is 24.3 Å². The summed E-state index contributed by atoms with van der Waals surface area (Å²) in [5, 5.41) is 10.6. The second-order valence-electron chi connectivity index (χ2n) is 3.03. The van der Waals surface area contributed by atoms with E-state index in [1.165, 1.54) is 0 Å². The van der Waals surface area contributed by atoms with Gasteiger partial charge in [-0.2, -0.15) is 0 Å². The average Bonchev–Trinajstić information content (AvgIpc) is 2.16. The van der Waals surface area contributed by atoms with E-state index in [1.54, 1.807) is 0 Å². The van der Waals surface area contributed by atoms with Gasteiger partial charge in [0.05, 0.1) is 15.6 Å². The third-order valence-electron chi connectivity index (χ3n) is 1.88. The highest BCUT2D eigenvalue weighted by atomic mass is 79.9. The second kappa shape index (κ2) is 4.94. The van der Waals surface area contributed by atoms with Crippen molar-refractivity contribution in [2.45, 2.75) is 16.6 Å². The molecule has 0 fully saturated rings. The molecule has 0 unspecified atom stereocenters. The van der Waals surface area contributed by atoms with Crippen LogP contribution in [-0.2, 0) is 4.79 Å². The number of alkyl halides is 2. The maximum absolute atomic E-state index is 10.6. The summed E-state index contributed by atoms with van der Waals surface area (Å²) in [5.74, 6) is -1.12. The van der Waals surface area contributed by atoms with Crippen molar-refractivity contribution in [3.63, 3.8) is 0 Å². The Morgan fingerprint density at radius 2 is 1.79 bits per heavy atom. The highest BCUT2D eigenvalue weighted by Crippen LogP contribution is 2.30. The lowest BCUT2D eigenvalue weighted by molar-refractivity contribution is -0.304. The van der Waals surface area contributed by atoms with E-state index in [4.69, 9.17) is 0 Å². The SMILES string of the molecule is Cc1ccc([C@H](Br)[C@@H](Br)C(=O)[O-])cc1. The van der Waals surface area contributed by atoms with Crippen molar-refractivity contribution < 1.29 is 9.90 Å². The van der Waals surface area contributed by atoms with E-state index in [0.29, 0.717) is 0 Å². The van der Waals surface area contributed by atoms with E-state index in [9.17, 15) is 9.90 Å². The van der Waals surface area contributed by atoms with Gasteiger partial charge < -0.3 is 9.90 Å². The zero-order valence-corrected chi connectivity index (χ0v) is 10.7. The van der Waals surface area contributed by atoms with Crippen LogP contribution in [0.3, 0.4) is 0 Å². The highest BCUT2D eigenvalue weighted by Gasteiger charge is 2.18. The number of carboxylic acids is 1. The van der Waals surface area contributed by atoms with Crippen molar-refractivity contribution in [3.05, 3.63) is 35.4 Å². The number of benzene rings is 1. The number of aliphatic carboxylic acids is 1. The fourth-order valence-corrected chi connectivity index (χ4v) is 1.87. The van der Waals surface area contributed by atoms with Gasteiger partial charge in [-0.3, -0.25) is 0 Å². The van der Waals surface area contributed by atoms with Gasteiger partial charge in [-0.15, -0.1) is 0 Å². The monoisotopic (exact) mass is 319 g/mol. The topological polar surface area (TPSA) is 40.1 Å². The first kappa shape index (κ1) is 11.7. The molecule has 0 N–H and O–H groups in total. The van der Waals surface area contributed by atoms with Gasteiger partial charge in [0.1, 0.15) is 0 Å². The Balaban J connectivity index is 2.84. The Kier molecular flexibility index (Phi) is 4.13. The predicted molar refractivity (Wildman–Crippen MR) is 60.6 cm³/mol. The van der Waals surface area contributed by atoms with Crippen LogP contribution in [0.4, 0.5) is 0 Å². The molecule has 0 aliphatic heterocycles. The van der Waals surface area contributed by atoms with Gasteiger partial charge in [-0.05, 0) is 12.5 Å². The summed E-state index contributed by atoms with van der Waals surface area (Å²) < 4.78 is 0. The maximum atomic E-state index is 10.6. The van der Waals surface area contributed by atoms with Crippen LogP contribution in [0.5, 0.6) is 0 Å². The summed E-state index contributed by atoms with van der Waals surface area (Å²) >= 11 is 6.36. The number of hydrogen-bond acceptors (Lipinski definition) is 2. The fraction of sp³-hybridized carbons (Fsp3) is 0.300. The molecule has 76 valence electrons. The van der Waals surface area contributed by atoms with Gasteiger partial charge in [0.15, 0.2) is 0 Å². The van der Waals surface area contributed by atoms with E-state index in [2.05, 4.69) is 31.9 Å². The van der Waals surface area contributed by atoms with E-state index >= 15 is 0 Å². The first-order valence-corrected chi connectivity index (χ1v) is 5.91. The van der Waals surface area contributed by atoms with Crippen molar-refractivity contribution in [2.24, 2.45) is 0 Å². The van der Waals surface area contributed by atoms with Crippen molar-refractivity contribution in [1.82, 2.24) is 0 Å². The second-order valence-corrected chi connectivity index (χ2v) is 5.01. The zero-order valence-electron chi connectivity index (χ0n) is 7.54. The van der Waals surface area contributed by atoms with E-state index in [1.807, 2.05) is 31.2 Å². The van der Waals surface area contributed by atoms with E-state index < -0.39 is 10.8 Å². The van der Waals surface area contributed by atoms with Gasteiger partial charge in [0.25, 0.3) is 0 Å². The molecule has 1 aromatic rings. The van der Waals surface area contributed by atoms with Gasteiger partial charge >= 0.3 is 0 Å². The molecule has 1 aromatic carbocycles. The summed E-state index contributed by atoms with van der Waals surface area (Å²) in [6, 6.07) is 7.68. The molecule has 0 bridgehead atoms. The molecule has 0 radical (unpaired) electrons. The largest absolute Gasteiger partial charge is 0.549 e. The number of carboxylic acid groups (broad SMARTS) is 1. The number of carbonyl (C=O) groups is 1. The number of rotatable bonds is 3. The van der Waals surface area contributed by atoms with Gasteiger partial charge in [0.2, 0.25) is 0 Å². The minimum atomic E-state index is -1.12. The van der Waals surface area contributed by atoms with Crippen molar-refractivity contribution in [3.8, 4) is 0 Å². The Morgan fingerprint density at radius 3 is 2.21 bits per heavy atom. The molecule has 2 nitrogen and oxygen atoms in total. The van der Waals surface area contributed by atoms with Crippen LogP contribution in [0, 0.1) is 6.92 Å². The van der Waals surface area contributed by atoms with Crippen LogP contribution in [0.2, 0.25) is 0 Å². The fourth-order valence-electron chi connectivity index (χ4n) is 1.04. The first-order chi connectivity index (χ1) is 6.52. The highest BCUT2D eigenvalue weighted by molar-refractivity contribution is 9.12. The van der Waals surface area contributed by atoms with Crippen LogP contribution >= 0.6 is 31.9 Å². The molecular weight excluding hydrogens is 312 g/mol. The lowest BCUT2D eigenvalue weighted by Gasteiger charge is -2.17. The van der Waals surface area contributed by atoms with Crippen LogP contribution in [0.1, 0.15) is 16.0 Å². The molecule has 0 aromatic heterocycles. The molecule has 0 aliphatic carbocycles. The number of carbonyl (C=O) groups excluding carboxylic acids is 1. The molecule has 1 rings (SSSR count). The summed E-state index contributed by atoms with van der Waals surface area (Å²) in [7, 11) is 0. The summed E-state index contributed by atoms with van der Waals surface area (Å²) in [5.41, 5.74) is 2.06. The number of hydrogen-bond donors (Lipinski definition) is 0. The molecule has 0 aliphatic rings. The molecule has 0 spiro atoms. The lowest BCUT2D eigenvalue weighted by atomic mass is 10.1. The predicted octanol–water partition coefficient (Wildman–Crippen LogP) is 1.94. The number of halogens is 2. The van der Waals surface area contributed by atoms with Crippen molar-refractivity contribution >= 4 is 37.8 Å². The quantitative estimate of drug-likeness (QED) is 0.799. The standard InChI is InChI=1S/C10H10Br2O2/c1-6-2-4-7(5-3-6)8(11)9(12)10(13)14/h2-5,8-9H,1H3,(H,13,14)/p-1/t8-,9+/m0/s1. The minimum Gasteiger partial charge on any atom is -0.549 e. The molecule has 0 saturated heterocycles. The van der Waals surface area contributed by atoms with Crippen molar-refractivity contribution in [2.75, 3.05) is 0 Å². The number of aryl methyl sites for hydroxylation is 1. The average molecular weight is 321 g/mol. The summed E-state index contributed by atoms with van der Waals surface area (Å²) in [4.78, 5) is 9.61. The van der Waals surface area contributed by atoms with Gasteiger partial charge in [-0.1, -0.05) is 61.7 Å². The van der Waals surface area contributed by atoms with Gasteiger partial charge in [0, 0.05) is 0 Å². The molecule has 2 atom stereocenters. The summed E-state index contributed by atoms with van der Waals surface area (Å²) in [6.45, 7) is 1.98. The third-order valence-corrected chi connectivity index (χ3v) is 4.55. The van der Waals surface area contributed by atoms with E-state index in [-0.39, 0.29) is 4.83 Å². The molecule has 14 heavy (non-hydrogen) atoms. The molecule has 4 heteroatoms. The Bertz CT molecular complexity index is 321. The van der Waals surface area contributed by atoms with E-state index in [0.717, 1.165) is 11.1 Å². The zero-order chi connectivity index (χ0) is 10.7. The Hall–Kier alpha value is -0.350. The Morgan fingerprint density at radius 1 is 1.29 bits per heavy atom. The van der Waals surface area contributed by atoms with Crippen LogP contribution in [0.25, 0.3) is 0 Å². The molecule has 0 heterocycles. The minimum absolute atomic E-state index is 0.270. The third kappa shape index (κ3) is 2.82.